The molecule has 2 rings (SSSR count). The lowest BCUT2D eigenvalue weighted by Crippen LogP contribution is -2.07. The smallest absolute Gasteiger partial charge is 0.0458 e. The summed E-state index contributed by atoms with van der Waals surface area (Å²) in [5, 5.41) is 8.72. The summed E-state index contributed by atoms with van der Waals surface area (Å²) in [6.45, 7) is 0.542. The van der Waals surface area contributed by atoms with E-state index in [2.05, 4.69) is 29.7 Å². The quantitative estimate of drug-likeness (QED) is 0.601. The van der Waals surface area contributed by atoms with Gasteiger partial charge in [-0.2, -0.15) is 0 Å². The zero-order valence-corrected chi connectivity index (χ0v) is 9.78. The van der Waals surface area contributed by atoms with Crippen LogP contribution in [-0.2, 0) is 6.54 Å². The highest BCUT2D eigenvalue weighted by Gasteiger charge is 2.14. The highest BCUT2D eigenvalue weighted by Crippen LogP contribution is 2.31. The van der Waals surface area contributed by atoms with Crippen LogP contribution in [0.25, 0.3) is 0 Å². The van der Waals surface area contributed by atoms with Crippen LogP contribution in [-0.4, -0.2) is 5.21 Å². The topological polar surface area (TPSA) is 32.3 Å². The Labute approximate surface area is 97.6 Å². The van der Waals surface area contributed by atoms with Crippen molar-refractivity contribution in [2.24, 2.45) is 0 Å². The van der Waals surface area contributed by atoms with Crippen molar-refractivity contribution >= 4 is 0 Å². The Morgan fingerprint density at radius 3 is 2.56 bits per heavy atom. The number of hydrogen-bond donors (Lipinski definition) is 2. The monoisotopic (exact) mass is 219 g/mol. The Morgan fingerprint density at radius 1 is 1.12 bits per heavy atom. The van der Waals surface area contributed by atoms with Crippen molar-refractivity contribution in [2.75, 3.05) is 0 Å². The summed E-state index contributed by atoms with van der Waals surface area (Å²) in [5.74, 6) is 0.737. The predicted molar refractivity (Wildman–Crippen MR) is 65.5 cm³/mol. The van der Waals surface area contributed by atoms with Crippen molar-refractivity contribution in [1.29, 1.82) is 0 Å². The molecule has 1 aromatic rings. The fraction of sp³-hybridized carbons (Fsp3) is 0.571. The van der Waals surface area contributed by atoms with Crippen molar-refractivity contribution in [2.45, 2.75) is 51.0 Å². The third-order valence-corrected chi connectivity index (χ3v) is 3.56. The van der Waals surface area contributed by atoms with Crippen LogP contribution in [0.1, 0.15) is 55.6 Å². The van der Waals surface area contributed by atoms with E-state index < -0.39 is 0 Å². The van der Waals surface area contributed by atoms with Crippen molar-refractivity contribution in [3.8, 4) is 0 Å². The highest BCUT2D eigenvalue weighted by molar-refractivity contribution is 5.26. The van der Waals surface area contributed by atoms with Gasteiger partial charge in [0.25, 0.3) is 0 Å². The Morgan fingerprint density at radius 2 is 1.88 bits per heavy atom. The molecule has 1 saturated carbocycles. The molecule has 0 atom stereocenters. The van der Waals surface area contributed by atoms with Crippen LogP contribution in [0.5, 0.6) is 0 Å². The van der Waals surface area contributed by atoms with Crippen molar-refractivity contribution < 1.29 is 5.21 Å². The zero-order valence-electron chi connectivity index (χ0n) is 9.78. The molecule has 88 valence electrons. The molecule has 2 N–H and O–H groups in total. The van der Waals surface area contributed by atoms with E-state index in [4.69, 9.17) is 5.21 Å². The molecule has 1 aliphatic rings. The molecule has 0 amide bonds. The van der Waals surface area contributed by atoms with Gasteiger partial charge in [-0.05, 0) is 29.9 Å². The van der Waals surface area contributed by atoms with E-state index in [-0.39, 0.29) is 0 Å². The second-order valence-electron chi connectivity index (χ2n) is 4.77. The molecule has 0 unspecified atom stereocenters. The van der Waals surface area contributed by atoms with Gasteiger partial charge in [0.05, 0.1) is 0 Å². The first-order valence-electron chi connectivity index (χ1n) is 6.36. The summed E-state index contributed by atoms with van der Waals surface area (Å²) in [6.07, 6.45) is 8.19. The molecule has 0 aliphatic heterocycles. The molecule has 1 fully saturated rings. The first kappa shape index (κ1) is 11.6. The van der Waals surface area contributed by atoms with Gasteiger partial charge in [0.15, 0.2) is 0 Å². The third-order valence-electron chi connectivity index (χ3n) is 3.56. The summed E-state index contributed by atoms with van der Waals surface area (Å²) >= 11 is 0. The van der Waals surface area contributed by atoms with Crippen molar-refractivity contribution in [3.05, 3.63) is 35.4 Å². The normalized spacial score (nSPS) is 18.3. The fourth-order valence-electron chi connectivity index (χ4n) is 2.66. The van der Waals surface area contributed by atoms with Gasteiger partial charge in [-0.15, -0.1) is 0 Å². The summed E-state index contributed by atoms with van der Waals surface area (Å²) in [5.41, 5.74) is 4.85. The van der Waals surface area contributed by atoms with Crippen LogP contribution >= 0.6 is 0 Å². The summed E-state index contributed by atoms with van der Waals surface area (Å²) in [4.78, 5) is 0. The average Bonchev–Trinajstić information content (AvgIpc) is 2.58. The summed E-state index contributed by atoms with van der Waals surface area (Å²) < 4.78 is 0. The lowest BCUT2D eigenvalue weighted by atomic mass is 9.91. The second kappa shape index (κ2) is 6.02. The number of benzene rings is 1. The molecule has 0 aromatic heterocycles. The number of hydrogen-bond acceptors (Lipinski definition) is 2. The number of hydroxylamine groups is 1. The molecule has 0 heterocycles. The average molecular weight is 219 g/mol. The maximum absolute atomic E-state index is 8.72. The third kappa shape index (κ3) is 3.06. The molecule has 1 aliphatic carbocycles. The Kier molecular flexibility index (Phi) is 4.37. The molecule has 0 saturated heterocycles. The van der Waals surface area contributed by atoms with Gasteiger partial charge in [-0.3, -0.25) is 0 Å². The second-order valence-corrected chi connectivity index (χ2v) is 4.77. The van der Waals surface area contributed by atoms with E-state index >= 15 is 0 Å². The van der Waals surface area contributed by atoms with Gasteiger partial charge in [0.2, 0.25) is 0 Å². The van der Waals surface area contributed by atoms with Gasteiger partial charge in [-0.1, -0.05) is 49.9 Å². The fourth-order valence-corrected chi connectivity index (χ4v) is 2.66. The van der Waals surface area contributed by atoms with Gasteiger partial charge in [-0.25, -0.2) is 5.48 Å². The lowest BCUT2D eigenvalue weighted by molar-refractivity contribution is 0.161. The van der Waals surface area contributed by atoms with E-state index in [9.17, 15) is 0 Å². The summed E-state index contributed by atoms with van der Waals surface area (Å²) in [6, 6.07) is 8.63. The van der Waals surface area contributed by atoms with Crippen molar-refractivity contribution in [3.63, 3.8) is 0 Å². The van der Waals surface area contributed by atoms with Gasteiger partial charge in [0.1, 0.15) is 0 Å². The van der Waals surface area contributed by atoms with Crippen LogP contribution in [0.3, 0.4) is 0 Å². The van der Waals surface area contributed by atoms with E-state index in [1.54, 1.807) is 0 Å². The van der Waals surface area contributed by atoms with E-state index in [0.29, 0.717) is 6.54 Å². The lowest BCUT2D eigenvalue weighted by Gasteiger charge is -2.15. The molecular weight excluding hydrogens is 198 g/mol. The highest BCUT2D eigenvalue weighted by atomic mass is 16.5. The molecule has 16 heavy (non-hydrogen) atoms. The number of rotatable bonds is 3. The van der Waals surface area contributed by atoms with Crippen molar-refractivity contribution in [1.82, 2.24) is 5.48 Å². The van der Waals surface area contributed by atoms with Crippen LogP contribution in [0, 0.1) is 0 Å². The Balaban J connectivity index is 2.08. The van der Waals surface area contributed by atoms with E-state index in [0.717, 1.165) is 5.92 Å². The minimum atomic E-state index is 0.542. The van der Waals surface area contributed by atoms with E-state index in [1.807, 2.05) is 0 Å². The molecule has 0 radical (unpaired) electrons. The Hall–Kier alpha value is -0.860. The summed E-state index contributed by atoms with van der Waals surface area (Å²) in [7, 11) is 0. The van der Waals surface area contributed by atoms with Gasteiger partial charge >= 0.3 is 0 Å². The molecule has 2 nitrogen and oxygen atoms in total. The number of nitrogens with one attached hydrogen (secondary N) is 1. The maximum atomic E-state index is 8.72. The van der Waals surface area contributed by atoms with Crippen LogP contribution in [0.2, 0.25) is 0 Å². The minimum Gasteiger partial charge on any atom is -0.316 e. The predicted octanol–water partition coefficient (Wildman–Crippen LogP) is 3.60. The van der Waals surface area contributed by atoms with Crippen LogP contribution < -0.4 is 5.48 Å². The molecule has 0 bridgehead atoms. The SMILES string of the molecule is ONCc1cccc(C2CCCCCC2)c1. The first-order valence-corrected chi connectivity index (χ1v) is 6.36. The van der Waals surface area contributed by atoms with E-state index in [1.165, 1.54) is 49.7 Å². The van der Waals surface area contributed by atoms with Gasteiger partial charge < -0.3 is 5.21 Å². The molecular formula is C14H21NO. The van der Waals surface area contributed by atoms with Crippen LogP contribution in [0.4, 0.5) is 0 Å². The zero-order chi connectivity index (χ0) is 11.2. The molecule has 0 spiro atoms. The maximum Gasteiger partial charge on any atom is 0.0458 e. The largest absolute Gasteiger partial charge is 0.316 e. The van der Waals surface area contributed by atoms with Gasteiger partial charge in [0, 0.05) is 6.54 Å². The first-order chi connectivity index (χ1) is 7.90. The minimum absolute atomic E-state index is 0.542. The Bertz CT molecular complexity index is 316. The molecule has 1 aromatic carbocycles. The van der Waals surface area contributed by atoms with Crippen LogP contribution in [0.15, 0.2) is 24.3 Å². The molecule has 2 heteroatoms. The standard InChI is InChI=1S/C14H21NO/c16-15-11-12-6-5-9-14(10-12)13-7-3-1-2-4-8-13/h5-6,9-10,13,15-16H,1-4,7-8,11H2.